The minimum absolute atomic E-state index is 0.0607. The topological polar surface area (TPSA) is 46.5 Å². The van der Waals surface area contributed by atoms with Gasteiger partial charge in [-0.2, -0.15) is 0 Å². The third-order valence-electron chi connectivity index (χ3n) is 8.05. The fraction of sp³-hybridized carbons (Fsp3) is 0.857. The maximum atomic E-state index is 12.4. The van der Waals surface area contributed by atoms with Gasteiger partial charge < -0.3 is 9.84 Å². The van der Waals surface area contributed by atoms with Gasteiger partial charge in [-0.3, -0.25) is 4.79 Å². The van der Waals surface area contributed by atoms with Gasteiger partial charge in [-0.1, -0.05) is 123 Å². The Labute approximate surface area is 238 Å². The van der Waals surface area contributed by atoms with Crippen LogP contribution in [0.2, 0.25) is 0 Å². The van der Waals surface area contributed by atoms with Crippen LogP contribution in [-0.4, -0.2) is 23.3 Å². The molecule has 0 saturated heterocycles. The van der Waals surface area contributed by atoms with E-state index in [0.717, 1.165) is 38.5 Å². The molecule has 0 bridgehead atoms. The van der Waals surface area contributed by atoms with Gasteiger partial charge >= 0.3 is 5.97 Å². The van der Waals surface area contributed by atoms with E-state index in [9.17, 15) is 9.90 Å². The first-order valence-corrected chi connectivity index (χ1v) is 16.6. The van der Waals surface area contributed by atoms with Crippen molar-refractivity contribution in [3.05, 3.63) is 23.8 Å². The van der Waals surface area contributed by atoms with Gasteiger partial charge in [0.25, 0.3) is 0 Å². The quantitative estimate of drug-likeness (QED) is 0.122. The monoisotopic (exact) mass is 535 g/mol. The van der Waals surface area contributed by atoms with Gasteiger partial charge in [0.05, 0.1) is 6.10 Å². The zero-order valence-corrected chi connectivity index (χ0v) is 26.7. The Morgan fingerprint density at radius 1 is 0.947 bits per heavy atom. The van der Waals surface area contributed by atoms with E-state index in [1.807, 2.05) is 13.8 Å². The third kappa shape index (κ3) is 16.1. The highest BCUT2D eigenvalue weighted by atomic mass is 16.6. The number of allylic oxidation sites excluding steroid dienone is 4. The Morgan fingerprint density at radius 2 is 1.47 bits per heavy atom. The summed E-state index contributed by atoms with van der Waals surface area (Å²) in [5.41, 5.74) is 1.49. The molecule has 224 valence electrons. The molecule has 3 nitrogen and oxygen atoms in total. The van der Waals surface area contributed by atoms with Crippen molar-refractivity contribution >= 4 is 5.97 Å². The highest BCUT2D eigenvalue weighted by Gasteiger charge is 2.51. The molecule has 2 rings (SSSR count). The fourth-order valence-corrected chi connectivity index (χ4v) is 5.73. The van der Waals surface area contributed by atoms with E-state index in [4.69, 9.17) is 4.74 Å². The summed E-state index contributed by atoms with van der Waals surface area (Å²) in [5.74, 6) is 0.118. The minimum Gasteiger partial charge on any atom is -0.460 e. The molecule has 3 heteroatoms. The number of unbranched alkanes of at least 4 members (excludes halogenated alkanes) is 11. The highest BCUT2D eigenvalue weighted by Crippen LogP contribution is 2.51. The molecule has 0 aliphatic heterocycles. The lowest BCUT2D eigenvalue weighted by Crippen LogP contribution is -2.31. The van der Waals surface area contributed by atoms with E-state index in [1.54, 1.807) is 0 Å². The number of esters is 1. The molecule has 0 heterocycles. The lowest BCUT2D eigenvalue weighted by atomic mass is 9.76. The molecule has 0 aromatic heterocycles. The second kappa shape index (κ2) is 23.8. The largest absolute Gasteiger partial charge is 0.460 e. The molecule has 0 aromatic carbocycles. The summed E-state index contributed by atoms with van der Waals surface area (Å²) >= 11 is 0. The van der Waals surface area contributed by atoms with Gasteiger partial charge in [-0.25, -0.2) is 0 Å². The summed E-state index contributed by atoms with van der Waals surface area (Å²) < 4.78 is 5.75. The van der Waals surface area contributed by atoms with Crippen LogP contribution in [0.25, 0.3) is 0 Å². The predicted molar refractivity (Wildman–Crippen MR) is 166 cm³/mol. The standard InChI is InChI=1S/C30H52O3.C3H8.C2H6/c1-4-5-6-7-8-9-10-11-12-13-14-15-16-17-18-19-28(31)33-27-24-30(3)23-22-25(2)20-21-26(30)29(27)32;1-3-2;1-2/h11-12,22,26-27,29,32H,4-10,13-21,23-24H2,1-3H3;3H2,1-2H3;1-2H3/b12-11-;;/t26?,27?,29-,30?;;/m1../s1. The number of carbonyl (C=O) groups is 1. The molecule has 1 N–H and O–H groups in total. The van der Waals surface area contributed by atoms with Crippen molar-refractivity contribution in [3.8, 4) is 0 Å². The number of aliphatic hydroxyl groups is 1. The van der Waals surface area contributed by atoms with Crippen LogP contribution in [0, 0.1) is 11.3 Å². The smallest absolute Gasteiger partial charge is 0.306 e. The van der Waals surface area contributed by atoms with Crippen molar-refractivity contribution in [1.82, 2.24) is 0 Å². The van der Waals surface area contributed by atoms with Crippen LogP contribution >= 0.6 is 0 Å². The Balaban J connectivity index is 0.00000255. The van der Waals surface area contributed by atoms with Crippen molar-refractivity contribution in [2.45, 2.75) is 183 Å². The minimum atomic E-state index is -0.507. The molecule has 0 spiro atoms. The average molecular weight is 535 g/mol. The summed E-state index contributed by atoms with van der Waals surface area (Å²) in [6.07, 6.45) is 28.1. The van der Waals surface area contributed by atoms with Crippen LogP contribution in [0.5, 0.6) is 0 Å². The fourth-order valence-electron chi connectivity index (χ4n) is 5.73. The van der Waals surface area contributed by atoms with Gasteiger partial charge in [0.2, 0.25) is 0 Å². The highest BCUT2D eigenvalue weighted by molar-refractivity contribution is 5.69. The lowest BCUT2D eigenvalue weighted by Gasteiger charge is -2.29. The van der Waals surface area contributed by atoms with Gasteiger partial charge in [0, 0.05) is 6.42 Å². The van der Waals surface area contributed by atoms with Gasteiger partial charge in [-0.15, -0.1) is 0 Å². The number of fused-ring (bicyclic) bond motifs is 1. The van der Waals surface area contributed by atoms with E-state index >= 15 is 0 Å². The van der Waals surface area contributed by atoms with Crippen molar-refractivity contribution in [3.63, 3.8) is 0 Å². The second-order valence-corrected chi connectivity index (χ2v) is 11.8. The van der Waals surface area contributed by atoms with Crippen LogP contribution in [0.4, 0.5) is 0 Å². The molecule has 0 aromatic rings. The molecule has 38 heavy (non-hydrogen) atoms. The first kappa shape index (κ1) is 36.9. The summed E-state index contributed by atoms with van der Waals surface area (Å²) in [7, 11) is 0. The number of hydrogen-bond donors (Lipinski definition) is 1. The maximum Gasteiger partial charge on any atom is 0.306 e. The molecule has 1 saturated carbocycles. The Bertz CT molecular complexity index is 623. The van der Waals surface area contributed by atoms with Crippen LogP contribution in [0.3, 0.4) is 0 Å². The van der Waals surface area contributed by atoms with Crippen molar-refractivity contribution in [1.29, 1.82) is 0 Å². The Kier molecular flexibility index (Phi) is 23.1. The summed E-state index contributed by atoms with van der Waals surface area (Å²) in [5, 5.41) is 10.8. The SMILES string of the molecule is CC.CCC.CCCCCCCC/C=C\CCCCCCCC(=O)OC1CC2(C)CC=C(C)CCC2[C@H]1O. The summed E-state index contributed by atoms with van der Waals surface area (Å²) in [6.45, 7) is 15.0. The number of hydrogen-bond acceptors (Lipinski definition) is 3. The first-order valence-electron chi connectivity index (χ1n) is 16.6. The van der Waals surface area contributed by atoms with E-state index in [-0.39, 0.29) is 23.4 Å². The molecular formula is C35H66O3. The zero-order valence-electron chi connectivity index (χ0n) is 26.7. The van der Waals surface area contributed by atoms with Crippen LogP contribution in [0.1, 0.15) is 170 Å². The van der Waals surface area contributed by atoms with Crippen LogP contribution < -0.4 is 0 Å². The molecule has 3 unspecified atom stereocenters. The van der Waals surface area contributed by atoms with Crippen molar-refractivity contribution in [2.24, 2.45) is 11.3 Å². The van der Waals surface area contributed by atoms with Gasteiger partial charge in [0.1, 0.15) is 6.10 Å². The van der Waals surface area contributed by atoms with E-state index in [2.05, 4.69) is 52.8 Å². The molecule has 2 aliphatic rings. The lowest BCUT2D eigenvalue weighted by molar-refractivity contribution is -0.154. The summed E-state index contributed by atoms with van der Waals surface area (Å²) in [6, 6.07) is 0. The predicted octanol–water partition coefficient (Wildman–Crippen LogP) is 10.9. The molecule has 0 amide bonds. The van der Waals surface area contributed by atoms with Crippen molar-refractivity contribution < 1.29 is 14.6 Å². The molecule has 2 aliphatic carbocycles. The van der Waals surface area contributed by atoms with Gasteiger partial charge in [-0.05, 0) is 76.0 Å². The number of carbonyl (C=O) groups excluding carboxylic acids is 1. The Hall–Kier alpha value is -1.09. The van der Waals surface area contributed by atoms with Crippen LogP contribution in [0.15, 0.2) is 23.8 Å². The van der Waals surface area contributed by atoms with Crippen molar-refractivity contribution in [2.75, 3.05) is 0 Å². The molecular weight excluding hydrogens is 468 g/mol. The van der Waals surface area contributed by atoms with Crippen LogP contribution in [-0.2, 0) is 9.53 Å². The maximum absolute atomic E-state index is 12.4. The van der Waals surface area contributed by atoms with E-state index in [0.29, 0.717) is 6.42 Å². The first-order chi connectivity index (χ1) is 18.4. The molecule has 0 radical (unpaired) electrons. The third-order valence-corrected chi connectivity index (χ3v) is 8.05. The second-order valence-electron chi connectivity index (χ2n) is 11.8. The molecule has 1 fully saturated rings. The normalized spacial score (nSPS) is 24.4. The number of rotatable bonds is 16. The van der Waals surface area contributed by atoms with E-state index < -0.39 is 6.10 Å². The zero-order chi connectivity index (χ0) is 28.7. The Morgan fingerprint density at radius 3 is 2.05 bits per heavy atom. The number of aliphatic hydroxyl groups excluding tert-OH is 1. The van der Waals surface area contributed by atoms with E-state index in [1.165, 1.54) is 82.6 Å². The van der Waals surface area contributed by atoms with Gasteiger partial charge in [0.15, 0.2) is 0 Å². The molecule has 4 atom stereocenters. The average Bonchev–Trinajstić information content (AvgIpc) is 3.03. The summed E-state index contributed by atoms with van der Waals surface area (Å²) in [4.78, 5) is 12.4. The number of ether oxygens (including phenoxy) is 1.